The summed E-state index contributed by atoms with van der Waals surface area (Å²) in [6.07, 6.45) is 7.79. The SMILES string of the molecule is [2H]C([2H])(c1cc(CC(C)(C)c2ccc(-c3ccccc3)nc2)cc(CC(C)(C)c2ccc(-c3ccccc3)nc2)c1)C([2H])([2H])c1cnc(-c2ccc(C(C)(C)C)cc2)cc1-c1ccc(C2CCCCC2)cc1. The van der Waals surface area contributed by atoms with Gasteiger partial charge < -0.3 is 0 Å². The molecule has 9 rings (SSSR count). The lowest BCUT2D eigenvalue weighted by Crippen LogP contribution is -2.23. The molecule has 1 fully saturated rings. The maximum atomic E-state index is 10.1. The van der Waals surface area contributed by atoms with Crippen LogP contribution in [0.2, 0.25) is 0 Å². The van der Waals surface area contributed by atoms with Gasteiger partial charge in [-0.25, -0.2) is 0 Å². The van der Waals surface area contributed by atoms with E-state index in [1.165, 1.54) is 43.2 Å². The fourth-order valence-electron chi connectivity index (χ4n) is 10.0. The summed E-state index contributed by atoms with van der Waals surface area (Å²) in [6, 6.07) is 53.8. The van der Waals surface area contributed by atoms with Gasteiger partial charge in [0.05, 0.1) is 17.1 Å². The molecule has 0 radical (unpaired) electrons. The normalized spacial score (nSPS) is 15.0. The Hall–Kier alpha value is -6.45. The second kappa shape index (κ2) is 20.0. The van der Waals surface area contributed by atoms with E-state index in [1.54, 1.807) is 6.20 Å². The monoisotopic (exact) mass is 896 g/mol. The zero-order chi connectivity index (χ0) is 50.9. The van der Waals surface area contributed by atoms with Crippen LogP contribution in [0, 0.1) is 0 Å². The van der Waals surface area contributed by atoms with E-state index in [1.807, 2.05) is 67.0 Å². The molecule has 3 heterocycles. The fraction of sp³-hybridized carbons (Fsp3) is 0.308. The molecule has 0 amide bonds. The van der Waals surface area contributed by atoms with Crippen LogP contribution in [0.1, 0.15) is 136 Å². The zero-order valence-corrected chi connectivity index (χ0v) is 41.1. The topological polar surface area (TPSA) is 38.7 Å². The molecule has 0 bridgehead atoms. The second-order valence-electron chi connectivity index (χ2n) is 21.4. The van der Waals surface area contributed by atoms with Gasteiger partial charge in [-0.05, 0) is 134 Å². The van der Waals surface area contributed by atoms with E-state index in [2.05, 4.69) is 152 Å². The van der Waals surface area contributed by atoms with Crippen LogP contribution < -0.4 is 0 Å². The first-order valence-corrected chi connectivity index (χ1v) is 24.7. The van der Waals surface area contributed by atoms with Gasteiger partial charge in [-0.3, -0.25) is 15.0 Å². The quantitative estimate of drug-likeness (QED) is 0.109. The summed E-state index contributed by atoms with van der Waals surface area (Å²) in [5.74, 6) is 0.522. The van der Waals surface area contributed by atoms with Gasteiger partial charge in [-0.15, -0.1) is 0 Å². The molecular formula is C65H69N3. The molecule has 0 N–H and O–H groups in total. The lowest BCUT2D eigenvalue weighted by molar-refractivity contribution is 0.443. The van der Waals surface area contributed by atoms with Gasteiger partial charge in [0.15, 0.2) is 0 Å². The summed E-state index contributed by atoms with van der Waals surface area (Å²) in [7, 11) is 0. The number of pyridine rings is 3. The minimum absolute atomic E-state index is 0.0119. The van der Waals surface area contributed by atoms with Crippen LogP contribution in [0.4, 0.5) is 0 Å². The number of aryl methyl sites for hydroxylation is 2. The maximum Gasteiger partial charge on any atom is 0.0708 e. The number of nitrogens with zero attached hydrogens (tertiary/aromatic N) is 3. The van der Waals surface area contributed by atoms with Crippen molar-refractivity contribution >= 4 is 0 Å². The van der Waals surface area contributed by atoms with Gasteiger partial charge in [0.2, 0.25) is 0 Å². The fourth-order valence-corrected chi connectivity index (χ4v) is 10.0. The van der Waals surface area contributed by atoms with E-state index >= 15 is 0 Å². The molecule has 1 saturated carbocycles. The molecule has 8 aromatic rings. The third-order valence-corrected chi connectivity index (χ3v) is 14.2. The highest BCUT2D eigenvalue weighted by Gasteiger charge is 2.26. The Morgan fingerprint density at radius 3 is 1.41 bits per heavy atom. The minimum atomic E-state index is -2.51. The van der Waals surface area contributed by atoms with Crippen LogP contribution in [0.3, 0.4) is 0 Å². The molecule has 0 unspecified atom stereocenters. The molecule has 3 heteroatoms. The van der Waals surface area contributed by atoms with E-state index in [4.69, 9.17) is 15.0 Å². The van der Waals surface area contributed by atoms with E-state index < -0.39 is 23.6 Å². The highest BCUT2D eigenvalue weighted by molar-refractivity contribution is 5.74. The van der Waals surface area contributed by atoms with Gasteiger partial charge in [0.25, 0.3) is 0 Å². The Balaban J connectivity index is 1.11. The van der Waals surface area contributed by atoms with Crippen LogP contribution in [0.5, 0.6) is 0 Å². The molecule has 68 heavy (non-hydrogen) atoms. The molecular weight excluding hydrogens is 823 g/mol. The average molecular weight is 896 g/mol. The predicted octanol–water partition coefficient (Wildman–Crippen LogP) is 16.7. The lowest BCUT2D eigenvalue weighted by atomic mass is 9.77. The summed E-state index contributed by atoms with van der Waals surface area (Å²) >= 11 is 0. The summed E-state index contributed by atoms with van der Waals surface area (Å²) in [5.41, 5.74) is 13.3. The number of rotatable bonds is 14. The average Bonchev–Trinajstić information content (AvgIpc) is 3.39. The molecule has 0 aliphatic heterocycles. The maximum absolute atomic E-state index is 10.1. The first kappa shape index (κ1) is 41.7. The zero-order valence-electron chi connectivity index (χ0n) is 45.1. The molecule has 0 atom stereocenters. The van der Waals surface area contributed by atoms with E-state index in [0.29, 0.717) is 35.6 Å². The molecule has 5 aromatic carbocycles. The van der Waals surface area contributed by atoms with Crippen LogP contribution in [0.15, 0.2) is 176 Å². The second-order valence-corrected chi connectivity index (χ2v) is 21.4. The smallest absolute Gasteiger partial charge is 0.0708 e. The summed E-state index contributed by atoms with van der Waals surface area (Å²) in [5, 5.41) is 0. The Bertz CT molecular complexity index is 2980. The van der Waals surface area contributed by atoms with Crippen molar-refractivity contribution in [2.45, 2.75) is 128 Å². The van der Waals surface area contributed by atoms with E-state index in [0.717, 1.165) is 55.9 Å². The number of hydrogen-bond acceptors (Lipinski definition) is 3. The molecule has 0 saturated heterocycles. The first-order chi connectivity index (χ1) is 34.3. The van der Waals surface area contributed by atoms with Gasteiger partial charge >= 0.3 is 0 Å². The summed E-state index contributed by atoms with van der Waals surface area (Å²) in [6.45, 7) is 15.4. The van der Waals surface area contributed by atoms with Crippen molar-refractivity contribution in [3.05, 3.63) is 221 Å². The van der Waals surface area contributed by atoms with Crippen LogP contribution >= 0.6 is 0 Å². The predicted molar refractivity (Wildman–Crippen MR) is 286 cm³/mol. The Morgan fingerprint density at radius 1 is 0.441 bits per heavy atom. The molecule has 1 aliphatic carbocycles. The van der Waals surface area contributed by atoms with Gasteiger partial charge in [0, 0.05) is 40.8 Å². The molecule has 3 aromatic heterocycles. The highest BCUT2D eigenvalue weighted by Crippen LogP contribution is 2.37. The van der Waals surface area contributed by atoms with Crippen LogP contribution in [-0.2, 0) is 41.8 Å². The highest BCUT2D eigenvalue weighted by atomic mass is 14.7. The van der Waals surface area contributed by atoms with Crippen molar-refractivity contribution in [3.63, 3.8) is 0 Å². The standard InChI is InChI=1S/C65H69N3/c1-63(2,3)56-31-29-54(30-32-56)62-40-59(51-27-25-50(26-28-51)49-17-11-8-12-18-49)55(43-66-62)24-23-46-37-47(41-64(4,5)57-33-35-60(67-44-57)52-19-13-9-14-20-52)39-48(38-46)42-65(6,7)58-34-36-61(68-45-58)53-21-15-10-16-22-53/h9-10,13-16,19-22,25-40,43-45,49H,8,11-12,17-18,23-24,41-42H2,1-7H3/i23D2,24D2. The van der Waals surface area contributed by atoms with Crippen LogP contribution in [0.25, 0.3) is 44.9 Å². The third kappa shape index (κ3) is 11.1. The summed E-state index contributed by atoms with van der Waals surface area (Å²) < 4.78 is 40.3. The van der Waals surface area contributed by atoms with Gasteiger partial charge in [-0.2, -0.15) is 0 Å². The summed E-state index contributed by atoms with van der Waals surface area (Å²) in [4.78, 5) is 14.7. The van der Waals surface area contributed by atoms with Crippen molar-refractivity contribution in [2.75, 3.05) is 0 Å². The van der Waals surface area contributed by atoms with Crippen molar-refractivity contribution < 1.29 is 5.48 Å². The number of aromatic nitrogens is 3. The Kier molecular flexibility index (Phi) is 12.3. The molecule has 0 spiro atoms. The third-order valence-electron chi connectivity index (χ3n) is 14.2. The Morgan fingerprint density at radius 2 is 0.912 bits per heavy atom. The van der Waals surface area contributed by atoms with Crippen molar-refractivity contribution in [3.8, 4) is 44.9 Å². The van der Waals surface area contributed by atoms with Crippen molar-refractivity contribution in [1.82, 2.24) is 15.0 Å². The van der Waals surface area contributed by atoms with Crippen LogP contribution in [-0.4, -0.2) is 15.0 Å². The van der Waals surface area contributed by atoms with Crippen molar-refractivity contribution in [2.24, 2.45) is 0 Å². The Labute approximate surface area is 412 Å². The molecule has 3 nitrogen and oxygen atoms in total. The van der Waals surface area contributed by atoms with Gasteiger partial charge in [0.1, 0.15) is 0 Å². The number of benzene rings is 5. The van der Waals surface area contributed by atoms with E-state index in [9.17, 15) is 5.48 Å². The molecule has 1 aliphatic rings. The minimum Gasteiger partial charge on any atom is -0.256 e. The molecule has 344 valence electrons. The van der Waals surface area contributed by atoms with Gasteiger partial charge in [-0.1, -0.05) is 207 Å². The first-order valence-electron chi connectivity index (χ1n) is 26.7. The lowest BCUT2D eigenvalue weighted by Gasteiger charge is -2.28. The number of hydrogen-bond donors (Lipinski definition) is 0. The largest absolute Gasteiger partial charge is 0.256 e. The van der Waals surface area contributed by atoms with E-state index in [-0.39, 0.29) is 11.0 Å². The van der Waals surface area contributed by atoms with Crippen molar-refractivity contribution in [1.29, 1.82) is 0 Å².